The van der Waals surface area contributed by atoms with E-state index in [-0.39, 0.29) is 56.2 Å². The summed E-state index contributed by atoms with van der Waals surface area (Å²) >= 11 is 6.01. The highest BCUT2D eigenvalue weighted by atomic mass is 35.5. The number of ether oxygens (including phenoxy) is 4. The monoisotopic (exact) mass is 613 g/mol. The maximum atomic E-state index is 13.1. The van der Waals surface area contributed by atoms with Crippen LogP contribution in [0, 0.1) is 0 Å². The maximum absolute atomic E-state index is 13.1. The van der Waals surface area contributed by atoms with Crippen molar-refractivity contribution >= 4 is 33.7 Å². The van der Waals surface area contributed by atoms with Crippen molar-refractivity contribution in [3.63, 3.8) is 0 Å². The molecule has 0 bridgehead atoms. The Kier molecular flexibility index (Phi) is 12.7. The SMILES string of the molecule is CCCN(C(=O)OS(=O)(=O)NCCOC(C)C)c1c(OCCOC)cccc1Oc1ncc(C(F)(F)F)cc1Cl. The third-order valence-electron chi connectivity index (χ3n) is 4.80. The summed E-state index contributed by atoms with van der Waals surface area (Å²) in [5, 5.41) is -0.452. The Labute approximate surface area is 235 Å². The second-order valence-corrected chi connectivity index (χ2v) is 10.1. The molecule has 0 saturated carbocycles. The lowest BCUT2D eigenvalue weighted by Gasteiger charge is -2.26. The van der Waals surface area contributed by atoms with E-state index in [2.05, 4.69) is 9.71 Å². The molecule has 0 spiro atoms. The standard InChI is InChI=1S/C24H31ClF3N3O8S/c1-5-10-31(23(32)39-40(33,34)30-9-11-36-16(2)3)21-19(37-13-12-35-4)7-6-8-20(21)38-22-18(25)14-17(15-29-22)24(26,27)28/h6-8,14-16,30H,5,9-13H2,1-4H3. The van der Waals surface area contributed by atoms with Crippen molar-refractivity contribution in [3.8, 4) is 17.4 Å². The fourth-order valence-electron chi connectivity index (χ4n) is 3.11. The van der Waals surface area contributed by atoms with Crippen LogP contribution in [0.2, 0.25) is 5.02 Å². The Morgan fingerprint density at radius 2 is 1.88 bits per heavy atom. The van der Waals surface area contributed by atoms with Gasteiger partial charge in [0, 0.05) is 26.4 Å². The van der Waals surface area contributed by atoms with Crippen molar-refractivity contribution in [3.05, 3.63) is 41.0 Å². The van der Waals surface area contributed by atoms with Gasteiger partial charge in [-0.3, -0.25) is 4.90 Å². The van der Waals surface area contributed by atoms with E-state index in [1.54, 1.807) is 20.8 Å². The van der Waals surface area contributed by atoms with Gasteiger partial charge in [0.25, 0.3) is 0 Å². The minimum Gasteiger partial charge on any atom is -0.489 e. The number of aromatic nitrogens is 1. The minimum absolute atomic E-state index is 0.0386. The second kappa shape index (κ2) is 15.2. The molecule has 0 saturated heterocycles. The van der Waals surface area contributed by atoms with E-state index in [0.29, 0.717) is 18.7 Å². The zero-order valence-corrected chi connectivity index (χ0v) is 23.9. The van der Waals surface area contributed by atoms with Crippen molar-refractivity contribution in [2.75, 3.05) is 44.9 Å². The van der Waals surface area contributed by atoms with Crippen molar-refractivity contribution in [1.29, 1.82) is 0 Å². The zero-order chi connectivity index (χ0) is 29.9. The van der Waals surface area contributed by atoms with Crippen molar-refractivity contribution in [2.45, 2.75) is 39.5 Å². The molecule has 2 rings (SSSR count). The number of rotatable bonds is 15. The highest BCUT2D eigenvalue weighted by Crippen LogP contribution is 2.42. The number of amides is 1. The molecule has 1 aromatic heterocycles. The van der Waals surface area contributed by atoms with Crippen LogP contribution in [-0.2, 0) is 30.1 Å². The Hall–Kier alpha value is -2.85. The van der Waals surface area contributed by atoms with Gasteiger partial charge in [-0.05, 0) is 38.5 Å². The number of hydrogen-bond acceptors (Lipinski definition) is 9. The first-order chi connectivity index (χ1) is 18.8. The smallest absolute Gasteiger partial charge is 0.431 e. The molecule has 16 heteroatoms. The maximum Gasteiger partial charge on any atom is 0.431 e. The summed E-state index contributed by atoms with van der Waals surface area (Å²) in [6.45, 7) is 5.32. The number of benzene rings is 1. The van der Waals surface area contributed by atoms with E-state index in [1.165, 1.54) is 25.3 Å². The van der Waals surface area contributed by atoms with Crippen LogP contribution in [0.5, 0.6) is 17.4 Å². The number of halogens is 4. The summed E-state index contributed by atoms with van der Waals surface area (Å²) in [5.41, 5.74) is -1.16. The molecule has 40 heavy (non-hydrogen) atoms. The van der Waals surface area contributed by atoms with E-state index in [0.717, 1.165) is 4.90 Å². The largest absolute Gasteiger partial charge is 0.489 e. The third kappa shape index (κ3) is 10.3. The van der Waals surface area contributed by atoms with Crippen LogP contribution >= 0.6 is 11.6 Å². The summed E-state index contributed by atoms with van der Waals surface area (Å²) in [6, 6.07) is 4.98. The molecule has 0 aliphatic rings. The molecule has 0 aliphatic carbocycles. The number of anilines is 1. The lowest BCUT2D eigenvalue weighted by molar-refractivity contribution is -0.137. The van der Waals surface area contributed by atoms with Crippen LogP contribution in [-0.4, -0.2) is 65.6 Å². The second-order valence-electron chi connectivity index (χ2n) is 8.32. The molecule has 1 heterocycles. The van der Waals surface area contributed by atoms with Gasteiger partial charge < -0.3 is 23.1 Å². The average Bonchev–Trinajstić information content (AvgIpc) is 2.86. The number of carbonyl (C=O) groups excluding carboxylic acids is 1. The highest BCUT2D eigenvalue weighted by molar-refractivity contribution is 7.85. The number of nitrogens with one attached hydrogen (secondary N) is 1. The van der Waals surface area contributed by atoms with Crippen molar-refractivity contribution < 1.29 is 49.5 Å². The average molecular weight is 614 g/mol. The predicted octanol–water partition coefficient (Wildman–Crippen LogP) is 5.18. The Balaban J connectivity index is 2.45. The van der Waals surface area contributed by atoms with Gasteiger partial charge in [0.2, 0.25) is 5.88 Å². The molecular formula is C24H31ClF3N3O8S. The molecule has 0 atom stereocenters. The molecule has 2 aromatic rings. The fourth-order valence-corrected chi connectivity index (χ4v) is 3.98. The Bertz CT molecular complexity index is 1230. The third-order valence-corrected chi connectivity index (χ3v) is 5.99. The van der Waals surface area contributed by atoms with Crippen LogP contribution in [0.1, 0.15) is 32.8 Å². The minimum atomic E-state index is -4.68. The topological polar surface area (TPSA) is 126 Å². The van der Waals surface area contributed by atoms with E-state index in [4.69, 9.17) is 34.7 Å². The lowest BCUT2D eigenvalue weighted by atomic mass is 10.2. The van der Waals surface area contributed by atoms with Gasteiger partial charge in [-0.2, -0.15) is 26.3 Å². The lowest BCUT2D eigenvalue weighted by Crippen LogP contribution is -2.38. The molecule has 0 unspecified atom stereocenters. The number of para-hydroxylation sites is 1. The molecule has 1 amide bonds. The first kappa shape index (κ1) is 33.4. The Morgan fingerprint density at radius 1 is 1.18 bits per heavy atom. The first-order valence-electron chi connectivity index (χ1n) is 12.1. The summed E-state index contributed by atoms with van der Waals surface area (Å²) < 4.78 is 92.6. The van der Waals surface area contributed by atoms with Gasteiger partial charge in [-0.1, -0.05) is 24.6 Å². The van der Waals surface area contributed by atoms with Crippen LogP contribution in [0.4, 0.5) is 23.7 Å². The Morgan fingerprint density at radius 3 is 2.48 bits per heavy atom. The van der Waals surface area contributed by atoms with Crippen LogP contribution < -0.4 is 19.1 Å². The predicted molar refractivity (Wildman–Crippen MR) is 140 cm³/mol. The molecular weight excluding hydrogens is 583 g/mol. The van der Waals surface area contributed by atoms with Crippen molar-refractivity contribution in [2.24, 2.45) is 0 Å². The van der Waals surface area contributed by atoms with Gasteiger partial charge in [0.15, 0.2) is 5.75 Å². The van der Waals surface area contributed by atoms with Crippen LogP contribution in [0.25, 0.3) is 0 Å². The fraction of sp³-hybridized carbons (Fsp3) is 0.500. The molecule has 0 radical (unpaired) electrons. The number of pyridine rings is 1. The summed E-state index contributed by atoms with van der Waals surface area (Å²) in [7, 11) is -3.09. The normalized spacial score (nSPS) is 11.9. The molecule has 0 aliphatic heterocycles. The number of nitrogens with zero attached hydrogens (tertiary/aromatic N) is 2. The summed E-state index contributed by atoms with van der Waals surface area (Å²) in [6.07, 6.45) is -5.22. The number of carbonyl (C=O) groups is 1. The van der Waals surface area contributed by atoms with Gasteiger partial charge in [0.05, 0.1) is 24.9 Å². The van der Waals surface area contributed by atoms with Crippen LogP contribution in [0.15, 0.2) is 30.5 Å². The number of hydrogen-bond donors (Lipinski definition) is 1. The van der Waals surface area contributed by atoms with E-state index in [1.807, 2.05) is 0 Å². The molecule has 224 valence electrons. The molecule has 0 fully saturated rings. The number of alkyl halides is 3. The van der Waals surface area contributed by atoms with Gasteiger partial charge in [-0.15, -0.1) is 0 Å². The summed E-state index contributed by atoms with van der Waals surface area (Å²) in [4.78, 5) is 17.8. The zero-order valence-electron chi connectivity index (χ0n) is 22.3. The molecule has 1 N–H and O–H groups in total. The molecule has 1 aromatic carbocycles. The van der Waals surface area contributed by atoms with Crippen LogP contribution in [0.3, 0.4) is 0 Å². The van der Waals surface area contributed by atoms with E-state index in [9.17, 15) is 26.4 Å². The number of methoxy groups -OCH3 is 1. The van der Waals surface area contributed by atoms with E-state index >= 15 is 0 Å². The van der Waals surface area contributed by atoms with Gasteiger partial charge in [0.1, 0.15) is 23.1 Å². The quantitative estimate of drug-likeness (QED) is 0.270. The summed E-state index contributed by atoms with van der Waals surface area (Å²) in [5.74, 6) is -0.446. The van der Waals surface area contributed by atoms with Gasteiger partial charge in [-0.25, -0.2) is 9.78 Å². The van der Waals surface area contributed by atoms with Crippen molar-refractivity contribution in [1.82, 2.24) is 9.71 Å². The highest BCUT2D eigenvalue weighted by Gasteiger charge is 2.33. The molecule has 11 nitrogen and oxygen atoms in total. The first-order valence-corrected chi connectivity index (χ1v) is 13.8. The van der Waals surface area contributed by atoms with Gasteiger partial charge >= 0.3 is 22.6 Å². The van der Waals surface area contributed by atoms with E-state index < -0.39 is 39.0 Å².